The van der Waals surface area contributed by atoms with Gasteiger partial charge in [-0.05, 0) is 40.2 Å². The molecule has 0 aliphatic heterocycles. The van der Waals surface area contributed by atoms with Gasteiger partial charge in [-0.1, -0.05) is 23.7 Å². The van der Waals surface area contributed by atoms with E-state index in [2.05, 4.69) is 21.2 Å². The van der Waals surface area contributed by atoms with Crippen LogP contribution in [0.5, 0.6) is 0 Å². The SMILES string of the molecule is C[NH+](CC(=O)Nc1ccccc1Br)Cc1ccc(Cl)s1. The molecule has 3 nitrogen and oxygen atoms in total. The van der Waals surface area contributed by atoms with Gasteiger partial charge in [-0.3, -0.25) is 4.79 Å². The van der Waals surface area contributed by atoms with E-state index in [4.69, 9.17) is 11.6 Å². The van der Waals surface area contributed by atoms with Crippen molar-refractivity contribution < 1.29 is 9.69 Å². The molecule has 1 aromatic carbocycles. The number of para-hydroxylation sites is 1. The molecule has 1 unspecified atom stereocenters. The Labute approximate surface area is 135 Å². The molecule has 0 bridgehead atoms. The molecule has 1 aromatic heterocycles. The molecule has 0 aliphatic carbocycles. The average Bonchev–Trinajstić information content (AvgIpc) is 2.77. The number of halogens is 2. The highest BCUT2D eigenvalue weighted by Crippen LogP contribution is 2.21. The lowest BCUT2D eigenvalue weighted by Crippen LogP contribution is -3.08. The number of hydrogen-bond donors (Lipinski definition) is 2. The summed E-state index contributed by atoms with van der Waals surface area (Å²) in [5.41, 5.74) is 0.796. The summed E-state index contributed by atoms with van der Waals surface area (Å²) in [6.45, 7) is 1.21. The average molecular weight is 375 g/mol. The second-order valence-corrected chi connectivity index (χ2v) is 7.20. The first kappa shape index (κ1) is 15.5. The normalized spacial score (nSPS) is 12.2. The van der Waals surface area contributed by atoms with Crippen LogP contribution in [-0.2, 0) is 11.3 Å². The zero-order valence-corrected chi connectivity index (χ0v) is 14.1. The van der Waals surface area contributed by atoms with Crippen LogP contribution < -0.4 is 10.2 Å². The number of quaternary nitrogens is 1. The largest absolute Gasteiger partial charge is 0.325 e. The molecule has 0 spiro atoms. The summed E-state index contributed by atoms with van der Waals surface area (Å²) < 4.78 is 1.67. The predicted octanol–water partition coefficient (Wildman–Crippen LogP) is 2.82. The van der Waals surface area contributed by atoms with Gasteiger partial charge in [-0.15, -0.1) is 11.3 Å². The van der Waals surface area contributed by atoms with Crippen molar-refractivity contribution in [2.75, 3.05) is 18.9 Å². The van der Waals surface area contributed by atoms with E-state index in [1.165, 1.54) is 4.88 Å². The fourth-order valence-corrected chi connectivity index (χ4v) is 3.42. The van der Waals surface area contributed by atoms with Crippen LogP contribution >= 0.6 is 38.9 Å². The minimum Gasteiger partial charge on any atom is -0.325 e. The second-order valence-electron chi connectivity index (χ2n) is 4.54. The number of amides is 1. The predicted molar refractivity (Wildman–Crippen MR) is 87.6 cm³/mol. The molecule has 2 aromatic rings. The molecule has 0 aliphatic rings. The summed E-state index contributed by atoms with van der Waals surface area (Å²) in [5.74, 6) is -0.00273. The first-order chi connectivity index (χ1) is 9.54. The number of likely N-dealkylation sites (N-methyl/N-ethyl adjacent to an activating group) is 1. The molecule has 1 amide bonds. The lowest BCUT2D eigenvalue weighted by atomic mass is 10.3. The van der Waals surface area contributed by atoms with Crippen LogP contribution in [0.3, 0.4) is 0 Å². The highest BCUT2D eigenvalue weighted by Gasteiger charge is 2.12. The highest BCUT2D eigenvalue weighted by molar-refractivity contribution is 9.10. The Morgan fingerprint density at radius 3 is 2.75 bits per heavy atom. The van der Waals surface area contributed by atoms with Crippen LogP contribution in [-0.4, -0.2) is 19.5 Å². The van der Waals surface area contributed by atoms with E-state index in [0.717, 1.165) is 25.9 Å². The molecule has 0 fully saturated rings. The molecule has 1 heterocycles. The minimum absolute atomic E-state index is 0.00273. The van der Waals surface area contributed by atoms with E-state index in [-0.39, 0.29) is 5.91 Å². The van der Waals surface area contributed by atoms with Crippen molar-refractivity contribution in [3.63, 3.8) is 0 Å². The first-order valence-corrected chi connectivity index (χ1v) is 8.13. The Kier molecular flexibility index (Phi) is 5.60. The second kappa shape index (κ2) is 7.22. The monoisotopic (exact) mass is 373 g/mol. The van der Waals surface area contributed by atoms with Crippen LogP contribution in [0.15, 0.2) is 40.9 Å². The smallest absolute Gasteiger partial charge is 0.279 e. The fourth-order valence-electron chi connectivity index (χ4n) is 1.84. The highest BCUT2D eigenvalue weighted by atomic mass is 79.9. The van der Waals surface area contributed by atoms with Gasteiger partial charge in [0.05, 0.1) is 21.9 Å². The van der Waals surface area contributed by atoms with Crippen molar-refractivity contribution in [3.05, 3.63) is 50.1 Å². The lowest BCUT2D eigenvalue weighted by molar-refractivity contribution is -0.884. The molecule has 2 N–H and O–H groups in total. The van der Waals surface area contributed by atoms with Crippen LogP contribution in [0, 0.1) is 0 Å². The van der Waals surface area contributed by atoms with Gasteiger partial charge in [0.15, 0.2) is 6.54 Å². The van der Waals surface area contributed by atoms with Gasteiger partial charge in [-0.25, -0.2) is 0 Å². The summed E-state index contributed by atoms with van der Waals surface area (Å²) in [6.07, 6.45) is 0. The minimum atomic E-state index is -0.00273. The van der Waals surface area contributed by atoms with E-state index in [9.17, 15) is 4.79 Å². The number of rotatable bonds is 5. The first-order valence-electron chi connectivity index (χ1n) is 6.14. The zero-order valence-electron chi connectivity index (χ0n) is 11.0. The number of nitrogens with one attached hydrogen (secondary N) is 2. The van der Waals surface area contributed by atoms with Crippen molar-refractivity contribution in [3.8, 4) is 0 Å². The fraction of sp³-hybridized carbons (Fsp3) is 0.214. The Balaban J connectivity index is 1.86. The Bertz CT molecular complexity index is 602. The Morgan fingerprint density at radius 2 is 2.10 bits per heavy atom. The number of hydrogen-bond acceptors (Lipinski definition) is 2. The molecule has 0 saturated heterocycles. The molecule has 6 heteroatoms. The van der Waals surface area contributed by atoms with Crippen LogP contribution in [0.2, 0.25) is 4.34 Å². The summed E-state index contributed by atoms with van der Waals surface area (Å²) in [6, 6.07) is 11.5. The molecular weight excluding hydrogens is 360 g/mol. The van der Waals surface area contributed by atoms with Gasteiger partial charge < -0.3 is 10.2 Å². The number of anilines is 1. The van der Waals surface area contributed by atoms with Crippen LogP contribution in [0.25, 0.3) is 0 Å². The maximum atomic E-state index is 12.0. The van der Waals surface area contributed by atoms with Gasteiger partial charge in [0.1, 0.15) is 6.54 Å². The maximum absolute atomic E-state index is 12.0. The van der Waals surface area contributed by atoms with Crippen molar-refractivity contribution in [2.24, 2.45) is 0 Å². The number of benzene rings is 1. The third kappa shape index (κ3) is 4.59. The van der Waals surface area contributed by atoms with Crippen LogP contribution in [0.4, 0.5) is 5.69 Å². The van der Waals surface area contributed by atoms with E-state index >= 15 is 0 Å². The number of carbonyl (C=O) groups excluding carboxylic acids is 1. The van der Waals surface area contributed by atoms with Crippen LogP contribution in [0.1, 0.15) is 4.88 Å². The van der Waals surface area contributed by atoms with Crippen molar-refractivity contribution in [1.82, 2.24) is 0 Å². The molecule has 106 valence electrons. The standard InChI is InChI=1S/C14H14BrClN2OS/c1-18(8-10-6-7-13(16)20-10)9-14(19)17-12-5-3-2-4-11(12)15/h2-7H,8-9H2,1H3,(H,17,19)/p+1. The summed E-state index contributed by atoms with van der Waals surface area (Å²) in [5, 5.41) is 2.90. The topological polar surface area (TPSA) is 33.5 Å². The van der Waals surface area contributed by atoms with E-state index in [1.807, 2.05) is 43.4 Å². The van der Waals surface area contributed by atoms with E-state index in [0.29, 0.717) is 6.54 Å². The quantitative estimate of drug-likeness (QED) is 0.829. The number of thiophene rings is 1. The molecule has 0 radical (unpaired) electrons. The summed E-state index contributed by atoms with van der Waals surface area (Å²) >= 11 is 10.9. The zero-order chi connectivity index (χ0) is 14.5. The van der Waals surface area contributed by atoms with Gasteiger partial charge in [-0.2, -0.15) is 0 Å². The van der Waals surface area contributed by atoms with Crippen molar-refractivity contribution >= 4 is 50.5 Å². The lowest BCUT2D eigenvalue weighted by Gasteiger charge is -2.13. The van der Waals surface area contributed by atoms with Gasteiger partial charge in [0, 0.05) is 4.47 Å². The maximum Gasteiger partial charge on any atom is 0.279 e. The van der Waals surface area contributed by atoms with Gasteiger partial charge in [0.25, 0.3) is 5.91 Å². The summed E-state index contributed by atoms with van der Waals surface area (Å²) in [7, 11) is 1.99. The molecule has 1 atom stereocenters. The third-order valence-corrected chi connectivity index (χ3v) is 4.64. The molecule has 2 rings (SSSR count). The molecule has 0 saturated carbocycles. The van der Waals surface area contributed by atoms with Gasteiger partial charge >= 0.3 is 0 Å². The molecular formula is C14H15BrClN2OS+. The molecule has 20 heavy (non-hydrogen) atoms. The summed E-state index contributed by atoms with van der Waals surface area (Å²) in [4.78, 5) is 14.3. The van der Waals surface area contributed by atoms with Crippen molar-refractivity contribution in [2.45, 2.75) is 6.54 Å². The third-order valence-electron chi connectivity index (χ3n) is 2.72. The van der Waals surface area contributed by atoms with Crippen molar-refractivity contribution in [1.29, 1.82) is 0 Å². The number of carbonyl (C=O) groups is 1. The van der Waals surface area contributed by atoms with E-state index in [1.54, 1.807) is 11.3 Å². The van der Waals surface area contributed by atoms with Gasteiger partial charge in [0.2, 0.25) is 0 Å². The Morgan fingerprint density at radius 1 is 1.35 bits per heavy atom. The Hall–Kier alpha value is -0.880. The van der Waals surface area contributed by atoms with E-state index < -0.39 is 0 Å².